The first-order valence-electron chi connectivity index (χ1n) is 6.70. The maximum Gasteiger partial charge on any atom is 0.242 e. The minimum atomic E-state index is -3.45. The molecule has 0 aliphatic heterocycles. The summed E-state index contributed by atoms with van der Waals surface area (Å²) in [5.41, 5.74) is 0. The van der Waals surface area contributed by atoms with Crippen molar-refractivity contribution in [1.82, 2.24) is 10.0 Å². The Morgan fingerprint density at radius 3 is 2.70 bits per heavy atom. The molecular weight excluding hydrogens is 292 g/mol. The van der Waals surface area contributed by atoms with Crippen molar-refractivity contribution < 1.29 is 8.42 Å². The van der Waals surface area contributed by atoms with Crippen molar-refractivity contribution in [3.05, 3.63) is 29.1 Å². The molecule has 4 nitrogen and oxygen atoms in total. The lowest BCUT2D eigenvalue weighted by Gasteiger charge is -2.08. The standard InChI is InChI=1S/C14H18N2O2S2/c1-9-7-11(9)16-20(17,18)14-10-5-3-4-6-12(10)19-13(14)8-15-2/h3-6,9,11,15-16H,7-8H2,1-2H3. The van der Waals surface area contributed by atoms with Gasteiger partial charge in [-0.2, -0.15) is 0 Å². The first kappa shape index (κ1) is 14.0. The van der Waals surface area contributed by atoms with Crippen LogP contribution in [0.3, 0.4) is 0 Å². The number of benzene rings is 1. The Morgan fingerprint density at radius 1 is 1.35 bits per heavy atom. The minimum absolute atomic E-state index is 0.0982. The predicted molar refractivity (Wildman–Crippen MR) is 82.5 cm³/mol. The fourth-order valence-electron chi connectivity index (χ4n) is 2.39. The maximum absolute atomic E-state index is 12.7. The van der Waals surface area contributed by atoms with Crippen LogP contribution in [-0.2, 0) is 16.6 Å². The van der Waals surface area contributed by atoms with Gasteiger partial charge in [-0.05, 0) is 25.5 Å². The number of nitrogens with one attached hydrogen (secondary N) is 2. The van der Waals surface area contributed by atoms with E-state index in [2.05, 4.69) is 17.0 Å². The summed E-state index contributed by atoms with van der Waals surface area (Å²) in [5.74, 6) is 0.447. The van der Waals surface area contributed by atoms with Gasteiger partial charge in [-0.1, -0.05) is 25.1 Å². The molecule has 6 heteroatoms. The Bertz CT molecular complexity index is 737. The summed E-state index contributed by atoms with van der Waals surface area (Å²) in [6, 6.07) is 7.78. The highest BCUT2D eigenvalue weighted by molar-refractivity contribution is 7.90. The van der Waals surface area contributed by atoms with Crippen molar-refractivity contribution in [3.8, 4) is 0 Å². The van der Waals surface area contributed by atoms with Crippen LogP contribution >= 0.6 is 11.3 Å². The van der Waals surface area contributed by atoms with E-state index in [4.69, 9.17) is 0 Å². The van der Waals surface area contributed by atoms with E-state index < -0.39 is 10.0 Å². The van der Waals surface area contributed by atoms with Crippen LogP contribution in [0.25, 0.3) is 10.1 Å². The summed E-state index contributed by atoms with van der Waals surface area (Å²) in [6.45, 7) is 2.63. The summed E-state index contributed by atoms with van der Waals surface area (Å²) in [4.78, 5) is 1.32. The highest BCUT2D eigenvalue weighted by atomic mass is 32.2. The lowest BCUT2D eigenvalue weighted by Crippen LogP contribution is -2.27. The first-order chi connectivity index (χ1) is 9.53. The van der Waals surface area contributed by atoms with Crippen LogP contribution in [0, 0.1) is 5.92 Å². The molecule has 108 valence electrons. The zero-order valence-electron chi connectivity index (χ0n) is 11.5. The molecule has 0 spiro atoms. The van der Waals surface area contributed by atoms with E-state index in [1.54, 1.807) is 11.3 Å². The fraction of sp³-hybridized carbons (Fsp3) is 0.429. The Labute approximate surface area is 123 Å². The quantitative estimate of drug-likeness (QED) is 0.891. The predicted octanol–water partition coefficient (Wildman–Crippen LogP) is 2.31. The van der Waals surface area contributed by atoms with Gasteiger partial charge in [-0.25, -0.2) is 13.1 Å². The van der Waals surface area contributed by atoms with Gasteiger partial charge in [-0.15, -0.1) is 11.3 Å². The Kier molecular flexibility index (Phi) is 3.58. The van der Waals surface area contributed by atoms with Crippen molar-refractivity contribution in [2.24, 2.45) is 5.92 Å². The largest absolute Gasteiger partial charge is 0.315 e. The Morgan fingerprint density at radius 2 is 2.05 bits per heavy atom. The Balaban J connectivity index is 2.10. The Hall–Kier alpha value is -0.950. The van der Waals surface area contributed by atoms with Crippen molar-refractivity contribution >= 4 is 31.4 Å². The molecule has 1 saturated carbocycles. The number of thiophene rings is 1. The number of hydrogen-bond donors (Lipinski definition) is 2. The van der Waals surface area contributed by atoms with E-state index in [-0.39, 0.29) is 6.04 Å². The highest BCUT2D eigenvalue weighted by Crippen LogP contribution is 2.37. The lowest BCUT2D eigenvalue weighted by atomic mass is 10.2. The topological polar surface area (TPSA) is 58.2 Å². The molecule has 3 rings (SSSR count). The molecule has 2 aromatic rings. The molecule has 1 heterocycles. The summed E-state index contributed by atoms with van der Waals surface area (Å²) in [7, 11) is -1.62. The minimum Gasteiger partial charge on any atom is -0.315 e. The van der Waals surface area contributed by atoms with Crippen LogP contribution in [0.1, 0.15) is 18.2 Å². The van der Waals surface area contributed by atoms with Crippen molar-refractivity contribution in [2.75, 3.05) is 7.05 Å². The second-order valence-electron chi connectivity index (χ2n) is 5.32. The van der Waals surface area contributed by atoms with Gasteiger partial charge in [0.05, 0.1) is 0 Å². The molecule has 0 amide bonds. The first-order valence-corrected chi connectivity index (χ1v) is 9.00. The molecule has 0 radical (unpaired) electrons. The van der Waals surface area contributed by atoms with Gasteiger partial charge in [0.15, 0.2) is 0 Å². The molecule has 1 aliphatic rings. The third kappa shape index (κ3) is 2.48. The van der Waals surface area contributed by atoms with Crippen LogP contribution in [0.2, 0.25) is 0 Å². The molecule has 1 aromatic carbocycles. The maximum atomic E-state index is 12.7. The van der Waals surface area contributed by atoms with Gasteiger partial charge in [0.25, 0.3) is 0 Å². The van der Waals surface area contributed by atoms with E-state index in [1.807, 2.05) is 31.3 Å². The molecule has 2 unspecified atom stereocenters. The molecule has 2 atom stereocenters. The SMILES string of the molecule is CNCc1sc2ccccc2c1S(=O)(=O)NC1CC1C. The van der Waals surface area contributed by atoms with Crippen LogP contribution in [0.4, 0.5) is 0 Å². The number of hydrogen-bond acceptors (Lipinski definition) is 4. The zero-order chi connectivity index (χ0) is 14.3. The smallest absolute Gasteiger partial charge is 0.242 e. The number of sulfonamides is 1. The average molecular weight is 310 g/mol. The number of rotatable bonds is 5. The van der Waals surface area contributed by atoms with Crippen LogP contribution < -0.4 is 10.0 Å². The van der Waals surface area contributed by atoms with Crippen LogP contribution in [0.5, 0.6) is 0 Å². The summed E-state index contributed by atoms with van der Waals surface area (Å²) < 4.78 is 29.2. The van der Waals surface area contributed by atoms with Crippen molar-refractivity contribution in [2.45, 2.75) is 30.8 Å². The molecule has 1 fully saturated rings. The van der Waals surface area contributed by atoms with E-state index >= 15 is 0 Å². The van der Waals surface area contributed by atoms with Crippen LogP contribution in [-0.4, -0.2) is 21.5 Å². The van der Waals surface area contributed by atoms with Gasteiger partial charge < -0.3 is 5.32 Å². The van der Waals surface area contributed by atoms with Gasteiger partial charge in [0.1, 0.15) is 4.90 Å². The van der Waals surface area contributed by atoms with Crippen molar-refractivity contribution in [3.63, 3.8) is 0 Å². The normalized spacial score (nSPS) is 22.3. The molecule has 0 bridgehead atoms. The molecule has 1 aliphatic carbocycles. The number of fused-ring (bicyclic) bond motifs is 1. The molecular formula is C14H18N2O2S2. The van der Waals surface area contributed by atoms with Gasteiger partial charge in [0, 0.05) is 27.5 Å². The molecule has 1 aromatic heterocycles. The van der Waals surface area contributed by atoms with Gasteiger partial charge in [0.2, 0.25) is 10.0 Å². The van der Waals surface area contributed by atoms with E-state index in [0.717, 1.165) is 21.4 Å². The molecule has 20 heavy (non-hydrogen) atoms. The summed E-state index contributed by atoms with van der Waals surface area (Å²) in [6.07, 6.45) is 0.933. The van der Waals surface area contributed by atoms with E-state index in [1.165, 1.54) is 0 Å². The van der Waals surface area contributed by atoms with E-state index in [9.17, 15) is 8.42 Å². The second kappa shape index (κ2) is 5.11. The monoisotopic (exact) mass is 310 g/mol. The average Bonchev–Trinajstić information content (AvgIpc) is 2.93. The summed E-state index contributed by atoms with van der Waals surface area (Å²) in [5, 5.41) is 3.88. The third-order valence-electron chi connectivity index (χ3n) is 3.64. The van der Waals surface area contributed by atoms with Gasteiger partial charge in [-0.3, -0.25) is 0 Å². The third-order valence-corrected chi connectivity index (χ3v) is 6.56. The van der Waals surface area contributed by atoms with Gasteiger partial charge >= 0.3 is 0 Å². The highest BCUT2D eigenvalue weighted by Gasteiger charge is 2.37. The lowest BCUT2D eigenvalue weighted by molar-refractivity contribution is 0.578. The van der Waals surface area contributed by atoms with E-state index in [0.29, 0.717) is 17.4 Å². The molecule has 0 saturated heterocycles. The second-order valence-corrected chi connectivity index (χ2v) is 8.11. The van der Waals surface area contributed by atoms with Crippen molar-refractivity contribution in [1.29, 1.82) is 0 Å². The summed E-state index contributed by atoms with van der Waals surface area (Å²) >= 11 is 1.54. The fourth-order valence-corrected chi connectivity index (χ4v) is 5.70. The zero-order valence-corrected chi connectivity index (χ0v) is 13.1. The van der Waals surface area contributed by atoms with Crippen LogP contribution in [0.15, 0.2) is 29.2 Å². The molecule has 2 N–H and O–H groups in total.